The molecular weight excluding hydrogens is 188 g/mol. The lowest BCUT2D eigenvalue weighted by Gasteiger charge is -2.21. The molecule has 0 radical (unpaired) electrons. The summed E-state index contributed by atoms with van der Waals surface area (Å²) in [5.74, 6) is 0.0884. The third-order valence-electron chi connectivity index (χ3n) is 2.64. The summed E-state index contributed by atoms with van der Waals surface area (Å²) in [6.45, 7) is 5.84. The topological polar surface area (TPSA) is 40.5 Å². The van der Waals surface area contributed by atoms with Gasteiger partial charge in [-0.1, -0.05) is 43.7 Å². The molecule has 15 heavy (non-hydrogen) atoms. The number of benzene rings is 1. The van der Waals surface area contributed by atoms with E-state index < -0.39 is 12.2 Å². The van der Waals surface area contributed by atoms with E-state index in [2.05, 4.69) is 0 Å². The molecule has 0 saturated heterocycles. The van der Waals surface area contributed by atoms with Gasteiger partial charge < -0.3 is 10.2 Å². The van der Waals surface area contributed by atoms with Gasteiger partial charge in [-0.2, -0.15) is 0 Å². The van der Waals surface area contributed by atoms with Gasteiger partial charge in [0, 0.05) is 6.42 Å². The van der Waals surface area contributed by atoms with Gasteiger partial charge in [0.15, 0.2) is 0 Å². The average Bonchev–Trinajstić information content (AvgIpc) is 2.20. The summed E-state index contributed by atoms with van der Waals surface area (Å²) >= 11 is 0. The minimum absolute atomic E-state index is 0.0884. The fraction of sp³-hybridized carbons (Fsp3) is 0.538. The molecule has 84 valence electrons. The van der Waals surface area contributed by atoms with Crippen LogP contribution in [0.2, 0.25) is 0 Å². The van der Waals surface area contributed by atoms with E-state index in [1.165, 1.54) is 5.56 Å². The molecule has 0 heterocycles. The van der Waals surface area contributed by atoms with E-state index in [1.807, 2.05) is 45.0 Å². The highest BCUT2D eigenvalue weighted by molar-refractivity contribution is 5.21. The predicted octanol–water partition coefficient (Wildman–Crippen LogP) is 1.92. The van der Waals surface area contributed by atoms with Gasteiger partial charge in [-0.05, 0) is 18.4 Å². The molecule has 2 heteroatoms. The van der Waals surface area contributed by atoms with E-state index in [1.54, 1.807) is 0 Å². The molecule has 1 aromatic rings. The Morgan fingerprint density at radius 2 is 1.60 bits per heavy atom. The molecule has 0 bridgehead atoms. The number of rotatable bonds is 4. The Hall–Kier alpha value is -0.860. The average molecular weight is 208 g/mol. The second-order valence-corrected chi connectivity index (χ2v) is 4.49. The summed E-state index contributed by atoms with van der Waals surface area (Å²) in [5, 5.41) is 19.4. The van der Waals surface area contributed by atoms with E-state index in [0.29, 0.717) is 6.42 Å². The first kappa shape index (κ1) is 12.2. The van der Waals surface area contributed by atoms with E-state index in [9.17, 15) is 10.2 Å². The minimum Gasteiger partial charge on any atom is -0.390 e. The van der Waals surface area contributed by atoms with Crippen molar-refractivity contribution in [1.29, 1.82) is 0 Å². The Labute approximate surface area is 91.6 Å². The zero-order valence-corrected chi connectivity index (χ0v) is 9.64. The molecule has 0 aromatic heterocycles. The van der Waals surface area contributed by atoms with Gasteiger partial charge in [0.1, 0.15) is 0 Å². The monoisotopic (exact) mass is 208 g/mol. The maximum Gasteiger partial charge on any atom is 0.0841 e. The molecule has 0 aliphatic carbocycles. The van der Waals surface area contributed by atoms with Gasteiger partial charge in [-0.15, -0.1) is 0 Å². The second-order valence-electron chi connectivity index (χ2n) is 4.49. The molecule has 2 N–H and O–H groups in total. The van der Waals surface area contributed by atoms with Crippen LogP contribution in [-0.2, 0) is 6.42 Å². The lowest BCUT2D eigenvalue weighted by atomic mass is 9.96. The Bertz CT molecular complexity index is 290. The number of hydrogen-bond acceptors (Lipinski definition) is 2. The Kier molecular flexibility index (Phi) is 4.30. The van der Waals surface area contributed by atoms with Crippen LogP contribution in [0.5, 0.6) is 0 Å². The van der Waals surface area contributed by atoms with E-state index >= 15 is 0 Å². The van der Waals surface area contributed by atoms with E-state index in [4.69, 9.17) is 0 Å². The summed E-state index contributed by atoms with van der Waals surface area (Å²) in [5.41, 5.74) is 2.27. The number of aliphatic hydroxyl groups excluding tert-OH is 2. The van der Waals surface area contributed by atoms with E-state index in [-0.39, 0.29) is 5.92 Å². The van der Waals surface area contributed by atoms with Crippen molar-refractivity contribution >= 4 is 0 Å². The Balaban J connectivity index is 2.58. The van der Waals surface area contributed by atoms with Crippen molar-refractivity contribution in [2.45, 2.75) is 39.4 Å². The largest absolute Gasteiger partial charge is 0.390 e. The first-order chi connectivity index (χ1) is 7.00. The smallest absolute Gasteiger partial charge is 0.0841 e. The van der Waals surface area contributed by atoms with Gasteiger partial charge in [-0.25, -0.2) is 0 Å². The van der Waals surface area contributed by atoms with Crippen LogP contribution in [-0.4, -0.2) is 22.4 Å². The van der Waals surface area contributed by atoms with Crippen LogP contribution in [0.25, 0.3) is 0 Å². The molecule has 1 aromatic carbocycles. The van der Waals surface area contributed by atoms with Crippen molar-refractivity contribution in [3.8, 4) is 0 Å². The zero-order valence-electron chi connectivity index (χ0n) is 9.64. The summed E-state index contributed by atoms with van der Waals surface area (Å²) in [6, 6.07) is 8.02. The molecule has 0 spiro atoms. The zero-order chi connectivity index (χ0) is 11.4. The lowest BCUT2D eigenvalue weighted by Crippen LogP contribution is -2.32. The van der Waals surface area contributed by atoms with Gasteiger partial charge >= 0.3 is 0 Å². The molecular formula is C13H20O2. The van der Waals surface area contributed by atoms with Crippen molar-refractivity contribution < 1.29 is 10.2 Å². The van der Waals surface area contributed by atoms with Gasteiger partial charge in [-0.3, -0.25) is 0 Å². The third kappa shape index (κ3) is 3.65. The SMILES string of the molecule is Cc1ccc(CC(O)C(O)C(C)C)cc1. The molecule has 0 saturated carbocycles. The van der Waals surface area contributed by atoms with Gasteiger partial charge in [0.2, 0.25) is 0 Å². The summed E-state index contributed by atoms with van der Waals surface area (Å²) in [4.78, 5) is 0. The summed E-state index contributed by atoms with van der Waals surface area (Å²) in [6.07, 6.45) is -0.807. The molecule has 0 fully saturated rings. The number of aliphatic hydroxyl groups is 2. The van der Waals surface area contributed by atoms with Gasteiger partial charge in [0.25, 0.3) is 0 Å². The lowest BCUT2D eigenvalue weighted by molar-refractivity contribution is -0.00731. The molecule has 0 aliphatic rings. The first-order valence-electron chi connectivity index (χ1n) is 5.42. The number of aryl methyl sites for hydroxylation is 1. The van der Waals surface area contributed by atoms with Crippen LogP contribution in [0.3, 0.4) is 0 Å². The molecule has 2 nitrogen and oxygen atoms in total. The fourth-order valence-electron chi connectivity index (χ4n) is 1.53. The summed E-state index contributed by atoms with van der Waals surface area (Å²) in [7, 11) is 0. The van der Waals surface area contributed by atoms with Crippen LogP contribution in [0.4, 0.5) is 0 Å². The van der Waals surface area contributed by atoms with Crippen molar-refractivity contribution in [3.05, 3.63) is 35.4 Å². The van der Waals surface area contributed by atoms with Crippen LogP contribution in [0, 0.1) is 12.8 Å². The van der Waals surface area contributed by atoms with Crippen molar-refractivity contribution in [1.82, 2.24) is 0 Å². The van der Waals surface area contributed by atoms with Crippen LogP contribution in [0.15, 0.2) is 24.3 Å². The van der Waals surface area contributed by atoms with E-state index in [0.717, 1.165) is 5.56 Å². The molecule has 1 rings (SSSR count). The number of hydrogen-bond donors (Lipinski definition) is 2. The normalized spacial score (nSPS) is 15.3. The van der Waals surface area contributed by atoms with Crippen molar-refractivity contribution in [2.75, 3.05) is 0 Å². The van der Waals surface area contributed by atoms with Crippen molar-refractivity contribution in [3.63, 3.8) is 0 Å². The maximum absolute atomic E-state index is 9.76. The third-order valence-corrected chi connectivity index (χ3v) is 2.64. The molecule has 0 amide bonds. The van der Waals surface area contributed by atoms with Crippen LogP contribution >= 0.6 is 0 Å². The highest BCUT2D eigenvalue weighted by Gasteiger charge is 2.19. The highest BCUT2D eigenvalue weighted by Crippen LogP contribution is 2.12. The fourth-order valence-corrected chi connectivity index (χ4v) is 1.53. The molecule has 0 aliphatic heterocycles. The second kappa shape index (κ2) is 5.29. The minimum atomic E-state index is -0.673. The Morgan fingerprint density at radius 3 is 2.07 bits per heavy atom. The van der Waals surface area contributed by atoms with Crippen molar-refractivity contribution in [2.24, 2.45) is 5.92 Å². The summed E-state index contributed by atoms with van der Waals surface area (Å²) < 4.78 is 0. The van der Waals surface area contributed by atoms with Crippen LogP contribution < -0.4 is 0 Å². The quantitative estimate of drug-likeness (QED) is 0.793. The standard InChI is InChI=1S/C13H20O2/c1-9(2)13(15)12(14)8-11-6-4-10(3)5-7-11/h4-7,9,12-15H,8H2,1-3H3. The van der Waals surface area contributed by atoms with Crippen LogP contribution in [0.1, 0.15) is 25.0 Å². The molecule has 2 unspecified atom stereocenters. The maximum atomic E-state index is 9.76. The first-order valence-corrected chi connectivity index (χ1v) is 5.42. The van der Waals surface area contributed by atoms with Gasteiger partial charge in [0.05, 0.1) is 12.2 Å². The predicted molar refractivity (Wildman–Crippen MR) is 61.7 cm³/mol. The molecule has 2 atom stereocenters. The highest BCUT2D eigenvalue weighted by atomic mass is 16.3. The Morgan fingerprint density at radius 1 is 1.07 bits per heavy atom.